The number of halogens is 1. The van der Waals surface area contributed by atoms with Crippen LogP contribution >= 0.6 is 0 Å². The molecule has 1 fully saturated rings. The quantitative estimate of drug-likeness (QED) is 0.792. The highest BCUT2D eigenvalue weighted by Gasteiger charge is 2.13. The number of piperidine rings is 1. The number of aromatic nitrogens is 2. The lowest BCUT2D eigenvalue weighted by Crippen LogP contribution is -2.32. The van der Waals surface area contributed by atoms with E-state index in [-0.39, 0.29) is 0 Å². The highest BCUT2D eigenvalue weighted by molar-refractivity contribution is 5.01. The predicted molar refractivity (Wildman–Crippen MR) is 52.6 cm³/mol. The molecule has 4 heteroatoms. The lowest BCUT2D eigenvalue weighted by molar-refractivity contribution is 0.325. The summed E-state index contributed by atoms with van der Waals surface area (Å²) >= 11 is 0. The zero-order chi connectivity index (χ0) is 9.80. The van der Waals surface area contributed by atoms with Gasteiger partial charge in [0.05, 0.1) is 6.20 Å². The highest BCUT2D eigenvalue weighted by Crippen LogP contribution is 2.12. The monoisotopic (exact) mass is 197 g/mol. The molecule has 1 aromatic rings. The van der Waals surface area contributed by atoms with Gasteiger partial charge in [0.2, 0.25) is 0 Å². The van der Waals surface area contributed by atoms with Crippen molar-refractivity contribution in [2.45, 2.75) is 26.1 Å². The van der Waals surface area contributed by atoms with Crippen molar-refractivity contribution in [2.24, 2.45) is 5.92 Å². The third-order valence-corrected chi connectivity index (χ3v) is 2.69. The molecule has 1 atom stereocenters. The summed E-state index contributed by atoms with van der Waals surface area (Å²) in [6, 6.07) is 0. The number of alkyl halides is 1. The second kappa shape index (κ2) is 4.55. The molecule has 0 aliphatic carbocycles. The Bertz CT molecular complexity index is 279. The van der Waals surface area contributed by atoms with Crippen molar-refractivity contribution in [3.05, 3.63) is 18.0 Å². The molecule has 0 aromatic carbocycles. The van der Waals surface area contributed by atoms with E-state index >= 15 is 0 Å². The van der Waals surface area contributed by atoms with Crippen LogP contribution in [0.5, 0.6) is 0 Å². The molecular formula is C10H16FN3. The zero-order valence-electron chi connectivity index (χ0n) is 8.25. The summed E-state index contributed by atoms with van der Waals surface area (Å²) in [5.74, 6) is 0.649. The Balaban J connectivity index is 1.89. The lowest BCUT2D eigenvalue weighted by Gasteiger charge is -2.22. The molecule has 0 amide bonds. The molecule has 1 saturated heterocycles. The number of rotatable bonds is 3. The molecule has 0 radical (unpaired) electrons. The van der Waals surface area contributed by atoms with Gasteiger partial charge in [0.25, 0.3) is 0 Å². The molecule has 2 heterocycles. The number of hydrogen-bond acceptors (Lipinski definition) is 2. The van der Waals surface area contributed by atoms with Crippen LogP contribution in [0.4, 0.5) is 4.39 Å². The van der Waals surface area contributed by atoms with Crippen molar-refractivity contribution in [1.82, 2.24) is 15.1 Å². The fourth-order valence-corrected chi connectivity index (χ4v) is 1.92. The van der Waals surface area contributed by atoms with Gasteiger partial charge >= 0.3 is 0 Å². The smallest absolute Gasteiger partial charge is 0.118 e. The molecule has 3 nitrogen and oxygen atoms in total. The SMILES string of the molecule is FCc1cnn(CC2CCCNC2)c1. The van der Waals surface area contributed by atoms with E-state index in [1.165, 1.54) is 12.8 Å². The Morgan fingerprint density at radius 2 is 2.57 bits per heavy atom. The van der Waals surface area contributed by atoms with Crippen LogP contribution in [0.3, 0.4) is 0 Å². The molecular weight excluding hydrogens is 181 g/mol. The van der Waals surface area contributed by atoms with Gasteiger partial charge in [0.15, 0.2) is 0 Å². The lowest BCUT2D eigenvalue weighted by atomic mass is 10.00. The minimum Gasteiger partial charge on any atom is -0.316 e. The Labute approximate surface area is 83.3 Å². The Morgan fingerprint density at radius 1 is 1.64 bits per heavy atom. The topological polar surface area (TPSA) is 29.9 Å². The number of hydrogen-bond donors (Lipinski definition) is 1. The molecule has 1 N–H and O–H groups in total. The van der Waals surface area contributed by atoms with Gasteiger partial charge in [0, 0.05) is 18.3 Å². The number of nitrogens with zero attached hydrogens (tertiary/aromatic N) is 2. The fourth-order valence-electron chi connectivity index (χ4n) is 1.92. The van der Waals surface area contributed by atoms with Gasteiger partial charge in [-0.25, -0.2) is 4.39 Å². The molecule has 0 spiro atoms. The maximum absolute atomic E-state index is 12.3. The second-order valence-electron chi connectivity index (χ2n) is 3.92. The summed E-state index contributed by atoms with van der Waals surface area (Å²) in [5, 5.41) is 7.49. The Hall–Kier alpha value is -0.900. The van der Waals surface area contributed by atoms with E-state index in [4.69, 9.17) is 0 Å². The Morgan fingerprint density at radius 3 is 3.21 bits per heavy atom. The Kier molecular flexibility index (Phi) is 3.14. The van der Waals surface area contributed by atoms with Gasteiger partial charge in [-0.05, 0) is 31.8 Å². The largest absolute Gasteiger partial charge is 0.316 e. The van der Waals surface area contributed by atoms with Crippen LogP contribution < -0.4 is 5.32 Å². The van der Waals surface area contributed by atoms with Gasteiger partial charge in [-0.1, -0.05) is 0 Å². The zero-order valence-corrected chi connectivity index (χ0v) is 8.25. The minimum absolute atomic E-state index is 0.414. The van der Waals surface area contributed by atoms with Crippen molar-refractivity contribution in [3.63, 3.8) is 0 Å². The van der Waals surface area contributed by atoms with Crippen LogP contribution in [0.2, 0.25) is 0 Å². The molecule has 1 aliphatic rings. The van der Waals surface area contributed by atoms with Crippen LogP contribution in [0, 0.1) is 5.92 Å². The van der Waals surface area contributed by atoms with Gasteiger partial charge in [-0.3, -0.25) is 4.68 Å². The van der Waals surface area contributed by atoms with E-state index in [2.05, 4.69) is 10.4 Å². The first kappa shape index (κ1) is 9.65. The van der Waals surface area contributed by atoms with Gasteiger partial charge in [-0.15, -0.1) is 0 Å². The van der Waals surface area contributed by atoms with E-state index in [1.807, 2.05) is 4.68 Å². The van der Waals surface area contributed by atoms with Crippen molar-refractivity contribution in [1.29, 1.82) is 0 Å². The van der Waals surface area contributed by atoms with Crippen molar-refractivity contribution < 1.29 is 4.39 Å². The maximum atomic E-state index is 12.3. The molecule has 1 unspecified atom stereocenters. The van der Waals surface area contributed by atoms with E-state index < -0.39 is 6.67 Å². The summed E-state index contributed by atoms with van der Waals surface area (Å²) in [7, 11) is 0. The first-order chi connectivity index (χ1) is 6.88. The minimum atomic E-state index is -0.414. The average molecular weight is 197 g/mol. The number of nitrogens with one attached hydrogen (secondary N) is 1. The second-order valence-corrected chi connectivity index (χ2v) is 3.92. The van der Waals surface area contributed by atoms with Gasteiger partial charge in [-0.2, -0.15) is 5.10 Å². The van der Waals surface area contributed by atoms with Gasteiger partial charge < -0.3 is 5.32 Å². The predicted octanol–water partition coefficient (Wildman–Crippen LogP) is 1.35. The molecule has 0 saturated carbocycles. The highest BCUT2D eigenvalue weighted by atomic mass is 19.1. The van der Waals surface area contributed by atoms with Crippen LogP contribution in [-0.2, 0) is 13.2 Å². The van der Waals surface area contributed by atoms with Crippen LogP contribution in [0.1, 0.15) is 18.4 Å². The molecule has 78 valence electrons. The third-order valence-electron chi connectivity index (χ3n) is 2.69. The third kappa shape index (κ3) is 2.32. The van der Waals surface area contributed by atoms with Crippen LogP contribution in [0.25, 0.3) is 0 Å². The summed E-state index contributed by atoms with van der Waals surface area (Å²) < 4.78 is 14.1. The first-order valence-electron chi connectivity index (χ1n) is 5.16. The van der Waals surface area contributed by atoms with E-state index in [1.54, 1.807) is 12.4 Å². The fraction of sp³-hybridized carbons (Fsp3) is 0.700. The molecule has 2 rings (SSSR count). The van der Waals surface area contributed by atoms with Crippen molar-refractivity contribution >= 4 is 0 Å². The van der Waals surface area contributed by atoms with Crippen molar-refractivity contribution in [2.75, 3.05) is 13.1 Å². The normalized spacial score (nSPS) is 22.5. The molecule has 0 bridgehead atoms. The molecule has 14 heavy (non-hydrogen) atoms. The first-order valence-corrected chi connectivity index (χ1v) is 5.16. The summed E-state index contributed by atoms with van der Waals surface area (Å²) in [5.41, 5.74) is 0.675. The van der Waals surface area contributed by atoms with Gasteiger partial charge in [0.1, 0.15) is 6.67 Å². The standard InChI is InChI=1S/C10H16FN3/c11-4-10-6-13-14(8-10)7-9-2-1-3-12-5-9/h6,8-9,12H,1-5,7H2. The van der Waals surface area contributed by atoms with E-state index in [0.717, 1.165) is 19.6 Å². The average Bonchev–Trinajstić information content (AvgIpc) is 2.67. The maximum Gasteiger partial charge on any atom is 0.118 e. The van der Waals surface area contributed by atoms with Crippen LogP contribution in [0.15, 0.2) is 12.4 Å². The van der Waals surface area contributed by atoms with E-state index in [0.29, 0.717) is 11.5 Å². The van der Waals surface area contributed by atoms with Crippen LogP contribution in [-0.4, -0.2) is 22.9 Å². The van der Waals surface area contributed by atoms with E-state index in [9.17, 15) is 4.39 Å². The van der Waals surface area contributed by atoms with Crippen molar-refractivity contribution in [3.8, 4) is 0 Å². The summed E-state index contributed by atoms with van der Waals surface area (Å²) in [4.78, 5) is 0. The summed E-state index contributed by atoms with van der Waals surface area (Å²) in [6.07, 6.45) is 5.89. The molecule has 1 aromatic heterocycles. The summed E-state index contributed by atoms with van der Waals surface area (Å²) in [6.45, 7) is 2.69. The molecule has 1 aliphatic heterocycles.